The molecule has 1 saturated heterocycles. The van der Waals surface area contributed by atoms with Crippen LogP contribution in [0.2, 0.25) is 0 Å². The molecule has 1 aliphatic heterocycles. The third-order valence-electron chi connectivity index (χ3n) is 6.10. The van der Waals surface area contributed by atoms with E-state index in [1.807, 2.05) is 0 Å². The maximum absolute atomic E-state index is 13.2. The normalized spacial score (nSPS) is 20.4. The minimum absolute atomic E-state index is 0.0489. The number of esters is 1. The fourth-order valence-corrected chi connectivity index (χ4v) is 6.12. The highest BCUT2D eigenvalue weighted by Crippen LogP contribution is 2.57. The van der Waals surface area contributed by atoms with Crippen LogP contribution in [-0.2, 0) is 53.3 Å². The van der Waals surface area contributed by atoms with E-state index in [0.717, 1.165) is 16.7 Å². The minimum atomic E-state index is -4.41. The molecule has 43 heavy (non-hydrogen) atoms. The van der Waals surface area contributed by atoms with Crippen molar-refractivity contribution < 1.29 is 56.7 Å². The molecule has 0 radical (unpaired) electrons. The average molecular weight is 647 g/mol. The molecule has 1 aromatic carbocycles. The number of amides is 2. The monoisotopic (exact) mass is 646 g/mol. The number of nitrogens with zero attached hydrogens (tertiary/aromatic N) is 1. The lowest BCUT2D eigenvalue weighted by Crippen LogP contribution is -2.50. The van der Waals surface area contributed by atoms with Crippen LogP contribution in [-0.4, -0.2) is 84.0 Å². The van der Waals surface area contributed by atoms with Gasteiger partial charge in [-0.05, 0) is 5.56 Å². The van der Waals surface area contributed by atoms with Gasteiger partial charge >= 0.3 is 25.9 Å². The van der Waals surface area contributed by atoms with Crippen molar-refractivity contribution in [1.29, 1.82) is 0 Å². The van der Waals surface area contributed by atoms with Crippen LogP contribution in [0.1, 0.15) is 46.6 Å². The predicted octanol–water partition coefficient (Wildman–Crippen LogP) is 3.59. The molecule has 0 aromatic heterocycles. The molecular formula is C27H39N2O12PS. The first-order valence-corrected chi connectivity index (χ1v) is 15.7. The molecule has 14 nitrogen and oxygen atoms in total. The Morgan fingerprint density at radius 2 is 1.84 bits per heavy atom. The van der Waals surface area contributed by atoms with E-state index in [-0.39, 0.29) is 37.0 Å². The number of ether oxygens (including phenoxy) is 2. The molecule has 2 rings (SSSR count). The number of hydrogen-bond acceptors (Lipinski definition) is 12. The zero-order valence-electron chi connectivity index (χ0n) is 25.0. The molecule has 0 bridgehead atoms. The SMILES string of the molecule is COC(=O)CCNC(=O)[C@@H]1O[P@@](=O)(OCOC(=O)N(Cc2ccccc2)[C@@H](CSC(=O)C(C)(C)C)C(=O)O)OCC1(C)C. The van der Waals surface area contributed by atoms with Crippen molar-refractivity contribution in [2.24, 2.45) is 10.8 Å². The van der Waals surface area contributed by atoms with Gasteiger partial charge in [0, 0.05) is 29.7 Å². The summed E-state index contributed by atoms with van der Waals surface area (Å²) in [5, 5.41) is 12.2. The summed E-state index contributed by atoms with van der Waals surface area (Å²) >= 11 is 0.785. The first-order chi connectivity index (χ1) is 20.0. The molecule has 1 aliphatic rings. The molecular weight excluding hydrogens is 607 g/mol. The number of methoxy groups -OCH3 is 1. The number of carbonyl (C=O) groups excluding carboxylic acids is 4. The molecule has 2 N–H and O–H groups in total. The number of carbonyl (C=O) groups is 5. The number of carboxylic acid groups (broad SMARTS) is 1. The second kappa shape index (κ2) is 15.7. The highest BCUT2D eigenvalue weighted by Gasteiger charge is 2.49. The lowest BCUT2D eigenvalue weighted by atomic mass is 9.87. The fourth-order valence-electron chi connectivity index (χ4n) is 3.55. The van der Waals surface area contributed by atoms with Gasteiger partial charge in [0.1, 0.15) is 6.04 Å². The molecule has 16 heteroatoms. The first-order valence-electron chi connectivity index (χ1n) is 13.3. The van der Waals surface area contributed by atoms with Crippen molar-refractivity contribution in [2.75, 3.05) is 32.8 Å². The standard InChI is InChI=1S/C27H39N2O12PS/c1-26(2,3)24(34)43-15-19(23(32)33)29(14-18-10-8-7-9-11-18)25(35)38-17-40-42(36)39-16-27(4,5)21(41-42)22(31)28-13-12-20(30)37-6/h7-11,19,21H,12-17H2,1-6H3,(H,28,31)(H,32,33)/t19-,21-,42+/m0/s1. The predicted molar refractivity (Wildman–Crippen MR) is 155 cm³/mol. The van der Waals surface area contributed by atoms with Crippen molar-refractivity contribution in [3.63, 3.8) is 0 Å². The van der Waals surface area contributed by atoms with Gasteiger partial charge in [-0.1, -0.05) is 76.7 Å². The Morgan fingerprint density at radius 3 is 2.42 bits per heavy atom. The number of phosphoric ester groups is 1. The van der Waals surface area contributed by atoms with Crippen molar-refractivity contribution >= 4 is 48.6 Å². The Labute approximate surface area is 254 Å². The quantitative estimate of drug-likeness (QED) is 0.180. The summed E-state index contributed by atoms with van der Waals surface area (Å²) in [6.07, 6.45) is -2.51. The molecule has 1 fully saturated rings. The van der Waals surface area contributed by atoms with Crippen molar-refractivity contribution in [2.45, 2.75) is 59.7 Å². The molecule has 0 spiro atoms. The third-order valence-corrected chi connectivity index (χ3v) is 8.80. The van der Waals surface area contributed by atoms with Crippen LogP contribution in [0.25, 0.3) is 0 Å². The summed E-state index contributed by atoms with van der Waals surface area (Å²) in [6, 6.07) is 7.08. The fraction of sp³-hybridized carbons (Fsp3) is 0.593. The van der Waals surface area contributed by atoms with Gasteiger partial charge in [0.2, 0.25) is 12.7 Å². The van der Waals surface area contributed by atoms with Crippen molar-refractivity contribution in [3.05, 3.63) is 35.9 Å². The summed E-state index contributed by atoms with van der Waals surface area (Å²) < 4.78 is 38.6. The van der Waals surface area contributed by atoms with Gasteiger partial charge in [-0.25, -0.2) is 18.7 Å². The van der Waals surface area contributed by atoms with Gasteiger partial charge in [-0.3, -0.25) is 28.3 Å². The number of phosphoric acid groups is 1. The van der Waals surface area contributed by atoms with Crippen LogP contribution in [0.3, 0.4) is 0 Å². The number of rotatable bonds is 13. The second-order valence-electron chi connectivity index (χ2n) is 11.3. The Balaban J connectivity index is 2.11. The number of aliphatic carboxylic acids is 1. The Bertz CT molecular complexity index is 1200. The Kier molecular flexibility index (Phi) is 13.2. The van der Waals surface area contributed by atoms with Gasteiger partial charge in [0.05, 0.1) is 20.1 Å². The number of hydrogen-bond donors (Lipinski definition) is 2. The zero-order chi connectivity index (χ0) is 32.4. The van der Waals surface area contributed by atoms with Crippen molar-refractivity contribution in [3.8, 4) is 0 Å². The van der Waals surface area contributed by atoms with Gasteiger partial charge in [-0.15, -0.1) is 0 Å². The van der Waals surface area contributed by atoms with E-state index in [1.54, 1.807) is 65.0 Å². The second-order valence-corrected chi connectivity index (χ2v) is 13.9. The van der Waals surface area contributed by atoms with E-state index in [1.165, 1.54) is 7.11 Å². The summed E-state index contributed by atoms with van der Waals surface area (Å²) in [7, 11) is -3.20. The van der Waals surface area contributed by atoms with E-state index < -0.39 is 61.5 Å². The zero-order valence-corrected chi connectivity index (χ0v) is 26.7. The van der Waals surface area contributed by atoms with Crippen LogP contribution in [0.15, 0.2) is 30.3 Å². The molecule has 2 amide bonds. The molecule has 1 aromatic rings. The third kappa shape index (κ3) is 11.2. The summed E-state index contributed by atoms with van der Waals surface area (Å²) in [5.41, 5.74) is -1.08. The molecule has 0 unspecified atom stereocenters. The summed E-state index contributed by atoms with van der Waals surface area (Å²) in [6.45, 7) is 6.96. The number of carboxylic acids is 1. The molecule has 1 heterocycles. The van der Waals surface area contributed by atoms with Crippen LogP contribution in [0.4, 0.5) is 4.79 Å². The molecule has 240 valence electrons. The smallest absolute Gasteiger partial charge is 0.478 e. The van der Waals surface area contributed by atoms with Crippen molar-refractivity contribution in [1.82, 2.24) is 10.2 Å². The molecule has 3 atom stereocenters. The largest absolute Gasteiger partial charge is 0.480 e. The topological polar surface area (TPSA) is 184 Å². The summed E-state index contributed by atoms with van der Waals surface area (Å²) in [4.78, 5) is 62.8. The van der Waals surface area contributed by atoms with Gasteiger partial charge < -0.3 is 19.9 Å². The van der Waals surface area contributed by atoms with Crippen LogP contribution in [0, 0.1) is 10.8 Å². The van der Waals surface area contributed by atoms with E-state index in [2.05, 4.69) is 10.1 Å². The lowest BCUT2D eigenvalue weighted by Gasteiger charge is -2.39. The molecule has 0 aliphatic carbocycles. The molecule has 0 saturated carbocycles. The minimum Gasteiger partial charge on any atom is -0.480 e. The number of nitrogens with one attached hydrogen (secondary N) is 1. The Morgan fingerprint density at radius 1 is 1.19 bits per heavy atom. The van der Waals surface area contributed by atoms with Gasteiger partial charge in [0.15, 0.2) is 11.2 Å². The first kappa shape index (κ1) is 36.2. The maximum Gasteiger partial charge on any atom is 0.478 e. The summed E-state index contributed by atoms with van der Waals surface area (Å²) in [5.74, 6) is -2.81. The highest BCUT2D eigenvalue weighted by atomic mass is 32.2. The lowest BCUT2D eigenvalue weighted by molar-refractivity contribution is -0.144. The van der Waals surface area contributed by atoms with E-state index in [4.69, 9.17) is 18.3 Å². The van der Waals surface area contributed by atoms with Crippen LogP contribution < -0.4 is 5.32 Å². The Hall–Kier alpha value is -2.97. The van der Waals surface area contributed by atoms with Crippen LogP contribution in [0.5, 0.6) is 0 Å². The van der Waals surface area contributed by atoms with Crippen LogP contribution >= 0.6 is 19.6 Å². The number of thioether (sulfide) groups is 1. The van der Waals surface area contributed by atoms with E-state index in [9.17, 15) is 33.6 Å². The number of benzene rings is 1. The average Bonchev–Trinajstić information content (AvgIpc) is 2.93. The van der Waals surface area contributed by atoms with E-state index in [0.29, 0.717) is 5.56 Å². The highest BCUT2D eigenvalue weighted by molar-refractivity contribution is 8.13. The maximum atomic E-state index is 13.2. The van der Waals surface area contributed by atoms with Gasteiger partial charge in [-0.2, -0.15) is 0 Å². The van der Waals surface area contributed by atoms with Gasteiger partial charge in [0.25, 0.3) is 0 Å². The van der Waals surface area contributed by atoms with E-state index >= 15 is 0 Å².